The van der Waals surface area contributed by atoms with Crippen LogP contribution in [0.15, 0.2) is 35.4 Å². The zero-order valence-electron chi connectivity index (χ0n) is 13.1. The summed E-state index contributed by atoms with van der Waals surface area (Å²) in [6, 6.07) is 6.52. The molecule has 0 amide bonds. The van der Waals surface area contributed by atoms with Gasteiger partial charge in [-0.3, -0.25) is 4.98 Å². The molecule has 0 aliphatic rings. The number of carboxylic acids is 1. The number of aromatic nitrogens is 1. The van der Waals surface area contributed by atoms with Crippen LogP contribution in [0.2, 0.25) is 0 Å². The van der Waals surface area contributed by atoms with E-state index in [1.54, 1.807) is 19.2 Å². The lowest BCUT2D eigenvalue weighted by Gasteiger charge is -2.13. The number of aromatic carboxylic acids is 1. The van der Waals surface area contributed by atoms with Crippen molar-refractivity contribution in [1.29, 1.82) is 0 Å². The summed E-state index contributed by atoms with van der Waals surface area (Å²) in [5.41, 5.74) is 2.34. The fourth-order valence-corrected chi connectivity index (χ4v) is 3.64. The quantitative estimate of drug-likeness (QED) is 0.873. The van der Waals surface area contributed by atoms with Gasteiger partial charge < -0.3 is 5.11 Å². The number of hydrogen-bond acceptors (Lipinski definition) is 4. The Morgan fingerprint density at radius 1 is 1.22 bits per heavy atom. The molecule has 23 heavy (non-hydrogen) atoms. The van der Waals surface area contributed by atoms with Crippen LogP contribution in [0.25, 0.3) is 0 Å². The molecule has 0 bridgehead atoms. The molecule has 2 rings (SSSR count). The van der Waals surface area contributed by atoms with Crippen LogP contribution in [0.5, 0.6) is 0 Å². The standard InChI is InChI=1S/C16H18N2O4S/c1-10-6-7-17-13(8-10)9-18-23(21,22)14-5-4-11(2)15(12(14)3)16(19)20/h4-8,18H,9H2,1-3H3,(H,19,20). The maximum Gasteiger partial charge on any atom is 0.336 e. The van der Waals surface area contributed by atoms with Crippen LogP contribution in [-0.2, 0) is 16.6 Å². The molecule has 1 heterocycles. The Hall–Kier alpha value is -2.25. The van der Waals surface area contributed by atoms with E-state index in [1.165, 1.54) is 19.1 Å². The third kappa shape index (κ3) is 3.75. The van der Waals surface area contributed by atoms with Crippen molar-refractivity contribution in [3.05, 3.63) is 58.4 Å². The maximum absolute atomic E-state index is 12.5. The molecule has 0 saturated heterocycles. The molecule has 0 aliphatic carbocycles. The van der Waals surface area contributed by atoms with Crippen LogP contribution in [-0.4, -0.2) is 24.5 Å². The van der Waals surface area contributed by atoms with Gasteiger partial charge in [0.15, 0.2) is 0 Å². The van der Waals surface area contributed by atoms with Gasteiger partial charge in [-0.2, -0.15) is 0 Å². The fraction of sp³-hybridized carbons (Fsp3) is 0.250. The first-order chi connectivity index (χ1) is 10.7. The minimum Gasteiger partial charge on any atom is -0.478 e. The lowest BCUT2D eigenvalue weighted by Crippen LogP contribution is -2.25. The number of nitrogens with one attached hydrogen (secondary N) is 1. The monoisotopic (exact) mass is 334 g/mol. The van der Waals surface area contributed by atoms with Gasteiger partial charge in [0.25, 0.3) is 0 Å². The smallest absolute Gasteiger partial charge is 0.336 e. The number of aryl methyl sites for hydroxylation is 2. The van der Waals surface area contributed by atoms with Crippen molar-refractivity contribution in [3.8, 4) is 0 Å². The highest BCUT2D eigenvalue weighted by atomic mass is 32.2. The fourth-order valence-electron chi connectivity index (χ4n) is 2.39. The van der Waals surface area contributed by atoms with Crippen LogP contribution in [0.3, 0.4) is 0 Å². The zero-order valence-corrected chi connectivity index (χ0v) is 13.9. The summed E-state index contributed by atoms with van der Waals surface area (Å²) in [5, 5.41) is 9.25. The van der Waals surface area contributed by atoms with Crippen LogP contribution in [0, 0.1) is 20.8 Å². The van der Waals surface area contributed by atoms with E-state index in [2.05, 4.69) is 9.71 Å². The number of sulfonamides is 1. The van der Waals surface area contributed by atoms with Gasteiger partial charge >= 0.3 is 5.97 Å². The Balaban J connectivity index is 2.33. The van der Waals surface area contributed by atoms with Crippen molar-refractivity contribution in [1.82, 2.24) is 9.71 Å². The number of hydrogen-bond donors (Lipinski definition) is 2. The summed E-state index contributed by atoms with van der Waals surface area (Å²) >= 11 is 0. The average Bonchev–Trinajstić information content (AvgIpc) is 2.44. The highest BCUT2D eigenvalue weighted by Crippen LogP contribution is 2.22. The molecular weight excluding hydrogens is 316 g/mol. The van der Waals surface area contributed by atoms with E-state index >= 15 is 0 Å². The third-order valence-corrected chi connectivity index (χ3v) is 5.09. The van der Waals surface area contributed by atoms with Crippen LogP contribution < -0.4 is 4.72 Å². The van der Waals surface area contributed by atoms with E-state index in [0.717, 1.165) is 5.56 Å². The molecule has 2 aromatic rings. The highest BCUT2D eigenvalue weighted by molar-refractivity contribution is 7.89. The molecule has 6 nitrogen and oxygen atoms in total. The first-order valence-corrected chi connectivity index (χ1v) is 8.45. The van der Waals surface area contributed by atoms with Gasteiger partial charge in [0, 0.05) is 6.20 Å². The van der Waals surface area contributed by atoms with E-state index < -0.39 is 16.0 Å². The number of carboxylic acid groups (broad SMARTS) is 1. The first kappa shape index (κ1) is 17.1. The second kappa shape index (κ2) is 6.47. The van der Waals surface area contributed by atoms with Crippen molar-refractivity contribution in [3.63, 3.8) is 0 Å². The Kier molecular flexibility index (Phi) is 4.82. The number of rotatable bonds is 5. The minimum absolute atomic E-state index is 0.0153. The molecule has 0 aliphatic heterocycles. The number of benzene rings is 1. The van der Waals surface area contributed by atoms with Gasteiger partial charge in [0.05, 0.1) is 22.7 Å². The minimum atomic E-state index is -3.83. The van der Waals surface area contributed by atoms with Crippen molar-refractivity contribution >= 4 is 16.0 Å². The summed E-state index contributed by atoms with van der Waals surface area (Å²) in [7, 11) is -3.83. The van der Waals surface area contributed by atoms with E-state index in [9.17, 15) is 18.3 Å². The molecule has 0 unspecified atom stereocenters. The molecule has 0 fully saturated rings. The van der Waals surface area contributed by atoms with Crippen molar-refractivity contribution in [2.75, 3.05) is 0 Å². The molecule has 0 saturated carbocycles. The van der Waals surface area contributed by atoms with Crippen molar-refractivity contribution in [2.45, 2.75) is 32.2 Å². The average molecular weight is 334 g/mol. The number of nitrogens with zero attached hydrogens (tertiary/aromatic N) is 1. The van der Waals surface area contributed by atoms with Gasteiger partial charge in [-0.15, -0.1) is 0 Å². The van der Waals surface area contributed by atoms with Gasteiger partial charge in [-0.1, -0.05) is 6.07 Å². The van der Waals surface area contributed by atoms with Gasteiger partial charge in [-0.05, 0) is 55.7 Å². The maximum atomic E-state index is 12.5. The van der Waals surface area contributed by atoms with Crippen LogP contribution >= 0.6 is 0 Å². The van der Waals surface area contributed by atoms with Gasteiger partial charge in [0.1, 0.15) is 0 Å². The zero-order chi connectivity index (χ0) is 17.2. The third-order valence-electron chi connectivity index (χ3n) is 3.54. The molecule has 122 valence electrons. The summed E-state index contributed by atoms with van der Waals surface area (Å²) in [6.45, 7) is 5.07. The largest absolute Gasteiger partial charge is 0.478 e. The Labute approximate surface area is 135 Å². The number of carbonyl (C=O) groups is 1. The van der Waals surface area contributed by atoms with E-state index in [1.807, 2.05) is 13.0 Å². The van der Waals surface area contributed by atoms with Gasteiger partial charge in [0.2, 0.25) is 10.0 Å². The highest BCUT2D eigenvalue weighted by Gasteiger charge is 2.22. The molecule has 0 atom stereocenters. The second-order valence-corrected chi connectivity index (χ2v) is 7.07. The van der Waals surface area contributed by atoms with Gasteiger partial charge in [-0.25, -0.2) is 17.9 Å². The molecule has 1 aromatic heterocycles. The predicted molar refractivity (Wildman–Crippen MR) is 85.9 cm³/mol. The normalized spacial score (nSPS) is 11.4. The van der Waals surface area contributed by atoms with E-state index in [4.69, 9.17) is 0 Å². The summed E-state index contributed by atoms with van der Waals surface area (Å²) in [4.78, 5) is 15.4. The molecule has 7 heteroatoms. The van der Waals surface area contributed by atoms with E-state index in [0.29, 0.717) is 11.3 Å². The SMILES string of the molecule is Cc1ccnc(CNS(=O)(=O)c2ccc(C)c(C(=O)O)c2C)c1. The first-order valence-electron chi connectivity index (χ1n) is 6.97. The predicted octanol–water partition coefficient (Wildman–Crippen LogP) is 2.18. The Morgan fingerprint density at radius 2 is 1.91 bits per heavy atom. The van der Waals surface area contributed by atoms with Crippen LogP contribution in [0.4, 0.5) is 0 Å². The lowest BCUT2D eigenvalue weighted by atomic mass is 10.0. The Bertz CT molecular complexity index is 860. The topological polar surface area (TPSA) is 96.4 Å². The summed E-state index contributed by atoms with van der Waals surface area (Å²) in [6.07, 6.45) is 1.61. The molecule has 0 radical (unpaired) electrons. The van der Waals surface area contributed by atoms with E-state index in [-0.39, 0.29) is 22.6 Å². The molecule has 0 spiro atoms. The second-order valence-electron chi connectivity index (χ2n) is 5.33. The molecule has 2 N–H and O–H groups in total. The number of pyridine rings is 1. The summed E-state index contributed by atoms with van der Waals surface area (Å²) < 4.78 is 27.4. The molecule has 1 aromatic carbocycles. The van der Waals surface area contributed by atoms with Crippen molar-refractivity contribution < 1.29 is 18.3 Å². The van der Waals surface area contributed by atoms with Crippen LogP contribution in [0.1, 0.15) is 32.7 Å². The van der Waals surface area contributed by atoms with Crippen molar-refractivity contribution in [2.24, 2.45) is 0 Å². The molecular formula is C16H18N2O4S. The Morgan fingerprint density at radius 3 is 2.52 bits per heavy atom. The lowest BCUT2D eigenvalue weighted by molar-refractivity contribution is 0.0695. The summed E-state index contributed by atoms with van der Waals surface area (Å²) in [5.74, 6) is -1.14.